The van der Waals surface area contributed by atoms with E-state index < -0.39 is 0 Å². The first-order valence-corrected chi connectivity index (χ1v) is 11.9. The van der Waals surface area contributed by atoms with Crippen LogP contribution < -0.4 is 4.90 Å². The highest BCUT2D eigenvalue weighted by Gasteiger charge is 2.24. The Morgan fingerprint density at radius 3 is 2.49 bits per heavy atom. The highest BCUT2D eigenvalue weighted by molar-refractivity contribution is 5.88. The van der Waals surface area contributed by atoms with Crippen molar-refractivity contribution in [2.45, 2.75) is 20.0 Å². The summed E-state index contributed by atoms with van der Waals surface area (Å²) in [7, 11) is 0. The molecule has 0 atom stereocenters. The van der Waals surface area contributed by atoms with E-state index >= 15 is 0 Å². The predicted octanol–water partition coefficient (Wildman–Crippen LogP) is 3.66. The molecule has 4 aromatic heterocycles. The molecule has 0 aliphatic carbocycles. The molecular weight excluding hydrogens is 440 g/mol. The first-order chi connectivity index (χ1) is 17.3. The fraction of sp³-hybridized carbons (Fsp3) is 0.269. The smallest absolute Gasteiger partial charge is 0.184 e. The Bertz CT molecular complexity index is 1440. The van der Waals surface area contributed by atoms with Gasteiger partial charge in [0.25, 0.3) is 0 Å². The van der Waals surface area contributed by atoms with Crippen molar-refractivity contribution in [3.63, 3.8) is 0 Å². The van der Waals surface area contributed by atoms with Crippen molar-refractivity contribution in [2.75, 3.05) is 31.2 Å². The third-order valence-electron chi connectivity index (χ3n) is 6.20. The second kappa shape index (κ2) is 9.27. The molecule has 9 heteroatoms. The van der Waals surface area contributed by atoms with Gasteiger partial charge < -0.3 is 14.2 Å². The van der Waals surface area contributed by atoms with Gasteiger partial charge in [-0.25, -0.2) is 15.0 Å². The van der Waals surface area contributed by atoms with E-state index in [4.69, 9.17) is 24.8 Å². The van der Waals surface area contributed by atoms with Gasteiger partial charge in [0.1, 0.15) is 11.5 Å². The molecule has 176 valence electrons. The molecule has 35 heavy (non-hydrogen) atoms. The zero-order chi connectivity index (χ0) is 23.6. The maximum Gasteiger partial charge on any atom is 0.184 e. The summed E-state index contributed by atoms with van der Waals surface area (Å²) in [6.07, 6.45) is 5.55. The summed E-state index contributed by atoms with van der Waals surface area (Å²) in [6, 6.07) is 16.2. The first-order valence-electron chi connectivity index (χ1n) is 11.9. The van der Waals surface area contributed by atoms with E-state index in [-0.39, 0.29) is 0 Å². The van der Waals surface area contributed by atoms with Crippen molar-refractivity contribution in [1.82, 2.24) is 34.3 Å². The van der Waals surface area contributed by atoms with E-state index in [1.54, 1.807) is 12.4 Å². The molecule has 5 aromatic rings. The van der Waals surface area contributed by atoms with Crippen LogP contribution >= 0.6 is 0 Å². The summed E-state index contributed by atoms with van der Waals surface area (Å²) >= 11 is 0. The number of nitrogens with zero attached hydrogens (tertiary/aromatic N) is 8. The number of imidazole rings is 1. The Labute approximate surface area is 203 Å². The van der Waals surface area contributed by atoms with Gasteiger partial charge in [0, 0.05) is 43.8 Å². The second-order valence-electron chi connectivity index (χ2n) is 8.44. The molecule has 0 amide bonds. The Balaban J connectivity index is 1.48. The number of anilines is 1. The maximum atomic E-state index is 5.59. The molecule has 0 radical (unpaired) electrons. The second-order valence-corrected chi connectivity index (χ2v) is 8.44. The van der Waals surface area contributed by atoms with E-state index in [1.807, 2.05) is 47.3 Å². The molecule has 0 N–H and O–H groups in total. The average Bonchev–Trinajstić information content (AvgIpc) is 3.54. The number of aryl methyl sites for hydroxylation is 1. The van der Waals surface area contributed by atoms with Gasteiger partial charge in [-0.05, 0) is 30.7 Å². The topological polar surface area (TPSA) is 86.8 Å². The van der Waals surface area contributed by atoms with Gasteiger partial charge in [-0.3, -0.25) is 9.67 Å². The fourth-order valence-corrected chi connectivity index (χ4v) is 4.46. The molecule has 0 spiro atoms. The van der Waals surface area contributed by atoms with Crippen LogP contribution in [0.25, 0.3) is 34.1 Å². The van der Waals surface area contributed by atoms with Crippen LogP contribution in [0.1, 0.15) is 12.5 Å². The molecule has 1 fully saturated rings. The van der Waals surface area contributed by atoms with Crippen molar-refractivity contribution in [2.24, 2.45) is 0 Å². The van der Waals surface area contributed by atoms with Gasteiger partial charge in [-0.2, -0.15) is 5.10 Å². The van der Waals surface area contributed by atoms with E-state index in [1.165, 1.54) is 5.56 Å². The number of ether oxygens (including phenoxy) is 1. The largest absolute Gasteiger partial charge is 0.378 e. The lowest BCUT2D eigenvalue weighted by molar-refractivity contribution is 0.122. The van der Waals surface area contributed by atoms with E-state index in [0.717, 1.165) is 53.7 Å². The van der Waals surface area contributed by atoms with Crippen LogP contribution in [0.15, 0.2) is 67.1 Å². The number of rotatable bonds is 6. The lowest BCUT2D eigenvalue weighted by Crippen LogP contribution is -2.37. The SMILES string of the molecule is CCn1c(-c2ccncc2)nc2c(N3CCOCC3)nc(-c3ccn(Cc4ccccc4)n3)nc21. The lowest BCUT2D eigenvalue weighted by atomic mass is 10.2. The van der Waals surface area contributed by atoms with Crippen LogP contribution in [-0.2, 0) is 17.8 Å². The molecule has 1 aromatic carbocycles. The number of pyridine rings is 1. The van der Waals surface area contributed by atoms with Gasteiger partial charge in [-0.1, -0.05) is 30.3 Å². The summed E-state index contributed by atoms with van der Waals surface area (Å²) in [5.74, 6) is 2.29. The van der Waals surface area contributed by atoms with E-state index in [9.17, 15) is 0 Å². The van der Waals surface area contributed by atoms with Gasteiger partial charge >= 0.3 is 0 Å². The van der Waals surface area contributed by atoms with Gasteiger partial charge in [0.05, 0.1) is 19.8 Å². The molecule has 0 bridgehead atoms. The van der Waals surface area contributed by atoms with Crippen molar-refractivity contribution in [3.05, 3.63) is 72.7 Å². The summed E-state index contributed by atoms with van der Waals surface area (Å²) < 4.78 is 9.66. The number of aromatic nitrogens is 7. The molecule has 0 unspecified atom stereocenters. The summed E-state index contributed by atoms with van der Waals surface area (Å²) in [5.41, 5.74) is 4.54. The zero-order valence-corrected chi connectivity index (χ0v) is 19.6. The summed E-state index contributed by atoms with van der Waals surface area (Å²) in [4.78, 5) is 21.4. The Morgan fingerprint density at radius 2 is 1.71 bits per heavy atom. The van der Waals surface area contributed by atoms with Crippen LogP contribution in [0.2, 0.25) is 0 Å². The average molecular weight is 467 g/mol. The van der Waals surface area contributed by atoms with Crippen molar-refractivity contribution in [1.29, 1.82) is 0 Å². The Hall–Kier alpha value is -4.11. The van der Waals surface area contributed by atoms with Crippen LogP contribution in [-0.4, -0.2) is 60.6 Å². The molecule has 1 aliphatic heterocycles. The molecule has 5 heterocycles. The van der Waals surface area contributed by atoms with Crippen LogP contribution in [0.4, 0.5) is 5.82 Å². The van der Waals surface area contributed by atoms with E-state index in [2.05, 4.69) is 33.5 Å². The summed E-state index contributed by atoms with van der Waals surface area (Å²) in [6.45, 7) is 6.39. The summed E-state index contributed by atoms with van der Waals surface area (Å²) in [5, 5.41) is 4.80. The fourth-order valence-electron chi connectivity index (χ4n) is 4.46. The van der Waals surface area contributed by atoms with Crippen molar-refractivity contribution in [3.8, 4) is 22.9 Å². The third kappa shape index (κ3) is 4.15. The first kappa shape index (κ1) is 21.4. The van der Waals surface area contributed by atoms with Crippen LogP contribution in [0.3, 0.4) is 0 Å². The maximum absolute atomic E-state index is 5.59. The minimum atomic E-state index is 0.599. The number of benzene rings is 1. The molecule has 6 rings (SSSR count). The zero-order valence-electron chi connectivity index (χ0n) is 19.6. The van der Waals surface area contributed by atoms with Crippen molar-refractivity contribution < 1.29 is 4.74 Å². The molecular formula is C26H26N8O. The van der Waals surface area contributed by atoms with E-state index in [0.29, 0.717) is 25.6 Å². The minimum Gasteiger partial charge on any atom is -0.378 e. The minimum absolute atomic E-state index is 0.599. The predicted molar refractivity (Wildman–Crippen MR) is 134 cm³/mol. The Kier molecular flexibility index (Phi) is 5.67. The normalized spacial score (nSPS) is 14.0. The monoisotopic (exact) mass is 466 g/mol. The van der Waals surface area contributed by atoms with Gasteiger partial charge in [-0.15, -0.1) is 0 Å². The lowest BCUT2D eigenvalue weighted by Gasteiger charge is -2.28. The van der Waals surface area contributed by atoms with Gasteiger partial charge in [0.15, 0.2) is 22.8 Å². The number of hydrogen-bond acceptors (Lipinski definition) is 7. The van der Waals surface area contributed by atoms with Gasteiger partial charge in [0.2, 0.25) is 0 Å². The standard InChI is InChI=1S/C26H26N8O/c1-2-34-24(20-8-11-27-12-9-20)28-22-25(32-14-16-35-17-15-32)29-23(30-26(22)34)21-10-13-33(31-21)18-19-6-4-3-5-7-19/h3-13H,2,14-18H2,1H3. The molecule has 0 saturated carbocycles. The number of hydrogen-bond donors (Lipinski definition) is 0. The number of morpholine rings is 1. The highest BCUT2D eigenvalue weighted by atomic mass is 16.5. The molecule has 1 saturated heterocycles. The van der Waals surface area contributed by atoms with Crippen LogP contribution in [0, 0.1) is 0 Å². The quantitative estimate of drug-likeness (QED) is 0.377. The van der Waals surface area contributed by atoms with Crippen molar-refractivity contribution >= 4 is 17.0 Å². The molecule has 9 nitrogen and oxygen atoms in total. The Morgan fingerprint density at radius 1 is 0.914 bits per heavy atom. The third-order valence-corrected chi connectivity index (χ3v) is 6.20. The number of fused-ring (bicyclic) bond motifs is 1. The van der Waals surface area contributed by atoms with Crippen LogP contribution in [0.5, 0.6) is 0 Å². The highest BCUT2D eigenvalue weighted by Crippen LogP contribution is 2.31. The molecule has 1 aliphatic rings.